The van der Waals surface area contributed by atoms with E-state index in [-0.39, 0.29) is 11.6 Å². The minimum Gasteiger partial charge on any atom is -0.320 e. The molecule has 6 nitrogen and oxygen atoms in total. The van der Waals surface area contributed by atoms with Crippen LogP contribution in [-0.4, -0.2) is 20.4 Å². The Hall–Kier alpha value is -2.89. The molecule has 1 aliphatic rings. The summed E-state index contributed by atoms with van der Waals surface area (Å²) in [6.45, 7) is 2.78. The number of nitrogens with zero attached hydrogens (tertiary/aromatic N) is 2. The summed E-state index contributed by atoms with van der Waals surface area (Å²) in [4.78, 5) is 31.7. The molecule has 0 radical (unpaired) electrons. The molecular weight excluding hydrogens is 316 g/mol. The molecule has 0 bridgehead atoms. The summed E-state index contributed by atoms with van der Waals surface area (Å²) in [5.41, 5.74) is 3.70. The van der Waals surface area contributed by atoms with Gasteiger partial charge in [-0.2, -0.15) is 0 Å². The average molecular weight is 336 g/mol. The molecule has 1 aliphatic carbocycles. The second-order valence-corrected chi connectivity index (χ2v) is 6.56. The maximum atomic E-state index is 12.6. The molecule has 0 spiro atoms. The summed E-state index contributed by atoms with van der Waals surface area (Å²) in [6, 6.07) is 7.23. The third kappa shape index (κ3) is 3.07. The van der Waals surface area contributed by atoms with E-state index in [0.717, 1.165) is 29.7 Å². The highest BCUT2D eigenvalue weighted by atomic mass is 16.2. The van der Waals surface area contributed by atoms with Crippen molar-refractivity contribution in [3.05, 3.63) is 58.3 Å². The van der Waals surface area contributed by atoms with Gasteiger partial charge in [-0.05, 0) is 55.0 Å². The Morgan fingerprint density at radius 1 is 1.36 bits per heavy atom. The van der Waals surface area contributed by atoms with Crippen LogP contribution < -0.4 is 11.0 Å². The van der Waals surface area contributed by atoms with Gasteiger partial charge in [-0.15, -0.1) is 0 Å². The van der Waals surface area contributed by atoms with Crippen LogP contribution in [0.3, 0.4) is 0 Å². The normalized spacial score (nSPS) is 14.0. The molecular formula is C19H20N4O2. The van der Waals surface area contributed by atoms with E-state index in [1.165, 1.54) is 12.8 Å². The number of anilines is 1. The van der Waals surface area contributed by atoms with E-state index in [2.05, 4.69) is 15.3 Å². The number of hydrogen-bond acceptors (Lipinski definition) is 3. The number of amides is 1. The highest BCUT2D eigenvalue weighted by Crippen LogP contribution is 2.31. The maximum Gasteiger partial charge on any atom is 0.326 e. The zero-order valence-electron chi connectivity index (χ0n) is 14.1. The molecule has 1 aromatic carbocycles. The second-order valence-electron chi connectivity index (χ2n) is 6.56. The van der Waals surface area contributed by atoms with Gasteiger partial charge in [0.2, 0.25) is 0 Å². The number of pyridine rings is 1. The van der Waals surface area contributed by atoms with Crippen LogP contribution in [0.4, 0.5) is 5.69 Å². The van der Waals surface area contributed by atoms with Gasteiger partial charge in [0.25, 0.3) is 5.91 Å². The first-order valence-corrected chi connectivity index (χ1v) is 8.62. The van der Waals surface area contributed by atoms with Crippen LogP contribution in [0.15, 0.2) is 41.5 Å². The van der Waals surface area contributed by atoms with Crippen molar-refractivity contribution < 1.29 is 4.79 Å². The number of aromatic amines is 1. The molecule has 1 amide bonds. The van der Waals surface area contributed by atoms with Crippen molar-refractivity contribution in [3.8, 4) is 0 Å². The van der Waals surface area contributed by atoms with Crippen molar-refractivity contribution in [2.45, 2.75) is 32.7 Å². The molecule has 0 saturated heterocycles. The van der Waals surface area contributed by atoms with E-state index in [1.54, 1.807) is 29.1 Å². The van der Waals surface area contributed by atoms with Gasteiger partial charge < -0.3 is 10.3 Å². The summed E-state index contributed by atoms with van der Waals surface area (Å²) in [6.07, 6.45) is 6.56. The van der Waals surface area contributed by atoms with Gasteiger partial charge in [0.1, 0.15) is 0 Å². The summed E-state index contributed by atoms with van der Waals surface area (Å²) < 4.78 is 1.77. The van der Waals surface area contributed by atoms with Crippen molar-refractivity contribution in [2.24, 2.45) is 5.92 Å². The number of carbonyl (C=O) groups is 1. The number of fused-ring (bicyclic) bond motifs is 1. The first-order chi connectivity index (χ1) is 12.2. The summed E-state index contributed by atoms with van der Waals surface area (Å²) in [5.74, 6) is 0.401. The van der Waals surface area contributed by atoms with Gasteiger partial charge in [0.15, 0.2) is 0 Å². The van der Waals surface area contributed by atoms with E-state index < -0.39 is 0 Å². The monoisotopic (exact) mass is 336 g/mol. The van der Waals surface area contributed by atoms with Gasteiger partial charge in [-0.25, -0.2) is 4.79 Å². The fraction of sp³-hybridized carbons (Fsp3) is 0.316. The Bertz CT molecular complexity index is 998. The maximum absolute atomic E-state index is 12.6. The number of H-pyrrole nitrogens is 1. The zero-order chi connectivity index (χ0) is 17.4. The van der Waals surface area contributed by atoms with Crippen LogP contribution in [0.2, 0.25) is 0 Å². The standard InChI is InChI=1S/C19H20N4O2/c1-2-13-7-8-20-10-16(13)21-18(24)14-5-6-17-15(9-14)22-19(25)23(17)11-12-3-4-12/h5-10,12H,2-4,11H2,1H3,(H,21,24)(H,22,25). The molecule has 3 aromatic rings. The molecule has 2 N–H and O–H groups in total. The molecule has 2 aromatic heterocycles. The van der Waals surface area contributed by atoms with Crippen molar-refractivity contribution >= 4 is 22.6 Å². The fourth-order valence-electron chi connectivity index (χ4n) is 3.08. The smallest absolute Gasteiger partial charge is 0.320 e. The lowest BCUT2D eigenvalue weighted by molar-refractivity contribution is 0.102. The number of hydrogen-bond donors (Lipinski definition) is 2. The lowest BCUT2D eigenvalue weighted by atomic mass is 10.1. The van der Waals surface area contributed by atoms with Crippen molar-refractivity contribution in [1.29, 1.82) is 0 Å². The first-order valence-electron chi connectivity index (χ1n) is 8.62. The number of nitrogens with one attached hydrogen (secondary N) is 2. The summed E-state index contributed by atoms with van der Waals surface area (Å²) in [5, 5.41) is 2.91. The fourth-order valence-corrected chi connectivity index (χ4v) is 3.08. The van der Waals surface area contributed by atoms with Crippen LogP contribution >= 0.6 is 0 Å². The lowest BCUT2D eigenvalue weighted by Gasteiger charge is -2.09. The van der Waals surface area contributed by atoms with E-state index in [0.29, 0.717) is 17.0 Å². The molecule has 0 unspecified atom stereocenters. The van der Waals surface area contributed by atoms with Crippen LogP contribution in [-0.2, 0) is 13.0 Å². The van der Waals surface area contributed by atoms with E-state index in [4.69, 9.17) is 0 Å². The number of imidazole rings is 1. The molecule has 4 rings (SSSR count). The highest BCUT2D eigenvalue weighted by Gasteiger charge is 2.23. The molecule has 2 heterocycles. The highest BCUT2D eigenvalue weighted by molar-refractivity contribution is 6.06. The van der Waals surface area contributed by atoms with Crippen LogP contribution in [0.25, 0.3) is 11.0 Å². The molecule has 128 valence electrons. The molecule has 6 heteroatoms. The number of benzene rings is 1. The molecule has 1 fully saturated rings. The molecule has 0 aliphatic heterocycles. The minimum atomic E-state index is -0.208. The SMILES string of the molecule is CCc1ccncc1NC(=O)c1ccc2c(c1)[nH]c(=O)n2CC1CC1. The Labute approximate surface area is 144 Å². The van der Waals surface area contributed by atoms with Crippen LogP contribution in [0.5, 0.6) is 0 Å². The topological polar surface area (TPSA) is 79.8 Å². The van der Waals surface area contributed by atoms with Crippen LogP contribution in [0.1, 0.15) is 35.7 Å². The minimum absolute atomic E-state index is 0.111. The number of carbonyl (C=O) groups excluding carboxylic acids is 1. The Morgan fingerprint density at radius 2 is 2.20 bits per heavy atom. The quantitative estimate of drug-likeness (QED) is 0.752. The van der Waals surface area contributed by atoms with E-state index in [1.807, 2.05) is 19.1 Å². The van der Waals surface area contributed by atoms with Crippen LogP contribution in [0, 0.1) is 5.92 Å². The molecule has 0 atom stereocenters. The number of aromatic nitrogens is 3. The summed E-state index contributed by atoms with van der Waals surface area (Å²) in [7, 11) is 0. The van der Waals surface area contributed by atoms with Gasteiger partial charge in [0.05, 0.1) is 22.9 Å². The lowest BCUT2D eigenvalue weighted by Crippen LogP contribution is -2.17. The van der Waals surface area contributed by atoms with E-state index >= 15 is 0 Å². The van der Waals surface area contributed by atoms with Gasteiger partial charge >= 0.3 is 5.69 Å². The Morgan fingerprint density at radius 3 is 2.96 bits per heavy atom. The third-order valence-corrected chi connectivity index (χ3v) is 4.71. The number of rotatable bonds is 5. The largest absolute Gasteiger partial charge is 0.326 e. The zero-order valence-corrected chi connectivity index (χ0v) is 14.1. The van der Waals surface area contributed by atoms with Gasteiger partial charge in [-0.1, -0.05) is 6.92 Å². The third-order valence-electron chi connectivity index (χ3n) is 4.71. The predicted molar refractivity (Wildman–Crippen MR) is 96.9 cm³/mol. The Balaban J connectivity index is 1.62. The number of aryl methyl sites for hydroxylation is 1. The average Bonchev–Trinajstić information content (AvgIpc) is 3.39. The predicted octanol–water partition coefficient (Wildman–Crippen LogP) is 2.95. The van der Waals surface area contributed by atoms with Gasteiger partial charge in [0, 0.05) is 18.3 Å². The Kier molecular flexibility index (Phi) is 3.87. The second kappa shape index (κ2) is 6.20. The van der Waals surface area contributed by atoms with E-state index in [9.17, 15) is 9.59 Å². The van der Waals surface area contributed by atoms with Gasteiger partial charge in [-0.3, -0.25) is 14.3 Å². The van der Waals surface area contributed by atoms with Crippen molar-refractivity contribution in [1.82, 2.24) is 14.5 Å². The van der Waals surface area contributed by atoms with Crippen molar-refractivity contribution in [3.63, 3.8) is 0 Å². The van der Waals surface area contributed by atoms with Crippen molar-refractivity contribution in [2.75, 3.05) is 5.32 Å². The molecule has 25 heavy (non-hydrogen) atoms. The summed E-state index contributed by atoms with van der Waals surface area (Å²) >= 11 is 0. The molecule has 1 saturated carbocycles. The first kappa shape index (κ1) is 15.6.